The van der Waals surface area contributed by atoms with Crippen LogP contribution in [0, 0.1) is 0 Å². The van der Waals surface area contributed by atoms with Gasteiger partial charge in [0.25, 0.3) is 5.91 Å². The molecule has 1 amide bonds. The summed E-state index contributed by atoms with van der Waals surface area (Å²) in [5, 5.41) is 5.41. The van der Waals surface area contributed by atoms with Crippen molar-refractivity contribution in [1.82, 2.24) is 10.3 Å². The van der Waals surface area contributed by atoms with Crippen LogP contribution in [0.3, 0.4) is 0 Å². The number of carbonyl (C=O) groups is 1. The summed E-state index contributed by atoms with van der Waals surface area (Å²) in [6, 6.07) is 10.1. The number of rotatable bonds is 5. The Bertz CT molecular complexity index is 809. The first-order chi connectivity index (χ1) is 11.8. The molecule has 0 spiro atoms. The second-order valence-corrected chi connectivity index (χ2v) is 8.44. The van der Waals surface area contributed by atoms with E-state index >= 15 is 0 Å². The third-order valence-corrected chi connectivity index (χ3v) is 6.72. The quantitative estimate of drug-likeness (QED) is 0.679. The predicted molar refractivity (Wildman–Crippen MR) is 101 cm³/mol. The standard InChI is InChI=1S/C19H20N2OS2/c22-19(17-12-13-6-1-3-8-15(13)23-17)20-11-5-10-18-21-14-7-2-4-9-16(14)24-18/h1,3,6,8,12H,2,4-5,7,9-11H2,(H,20,22). The van der Waals surface area contributed by atoms with Crippen LogP contribution >= 0.6 is 22.7 Å². The molecule has 2 aromatic heterocycles. The first kappa shape index (κ1) is 15.8. The van der Waals surface area contributed by atoms with Crippen molar-refractivity contribution >= 4 is 38.7 Å². The van der Waals surface area contributed by atoms with E-state index in [1.54, 1.807) is 11.3 Å². The molecule has 124 valence electrons. The van der Waals surface area contributed by atoms with Crippen molar-refractivity contribution in [3.8, 4) is 0 Å². The first-order valence-electron chi connectivity index (χ1n) is 8.54. The van der Waals surface area contributed by atoms with Gasteiger partial charge in [-0.25, -0.2) is 4.98 Å². The maximum atomic E-state index is 12.3. The van der Waals surface area contributed by atoms with Crippen LogP contribution in [-0.2, 0) is 19.3 Å². The van der Waals surface area contributed by atoms with E-state index < -0.39 is 0 Å². The molecule has 0 aliphatic heterocycles. The van der Waals surface area contributed by atoms with E-state index in [1.807, 2.05) is 35.6 Å². The first-order valence-corrected chi connectivity index (χ1v) is 10.2. The van der Waals surface area contributed by atoms with Crippen molar-refractivity contribution in [3.05, 3.63) is 50.8 Å². The molecule has 1 aliphatic rings. The number of aromatic nitrogens is 1. The second-order valence-electron chi connectivity index (χ2n) is 6.19. The molecule has 0 atom stereocenters. The van der Waals surface area contributed by atoms with Crippen LogP contribution in [0.25, 0.3) is 10.1 Å². The Morgan fingerprint density at radius 3 is 2.92 bits per heavy atom. The molecule has 2 heterocycles. The summed E-state index contributed by atoms with van der Waals surface area (Å²) in [6.45, 7) is 0.706. The number of amides is 1. The maximum Gasteiger partial charge on any atom is 0.261 e. The van der Waals surface area contributed by atoms with Crippen LogP contribution in [0.15, 0.2) is 30.3 Å². The fraction of sp³-hybridized carbons (Fsp3) is 0.368. The molecule has 5 heteroatoms. The van der Waals surface area contributed by atoms with Crippen molar-refractivity contribution in [3.63, 3.8) is 0 Å². The van der Waals surface area contributed by atoms with Crippen LogP contribution in [0.2, 0.25) is 0 Å². The number of fused-ring (bicyclic) bond motifs is 2. The zero-order valence-corrected chi connectivity index (χ0v) is 15.1. The third kappa shape index (κ3) is 3.37. The topological polar surface area (TPSA) is 42.0 Å². The number of aryl methyl sites for hydroxylation is 3. The van der Waals surface area contributed by atoms with E-state index in [-0.39, 0.29) is 5.91 Å². The van der Waals surface area contributed by atoms with Crippen LogP contribution in [0.4, 0.5) is 0 Å². The highest BCUT2D eigenvalue weighted by Crippen LogP contribution is 2.27. The van der Waals surface area contributed by atoms with Crippen molar-refractivity contribution in [1.29, 1.82) is 0 Å². The Balaban J connectivity index is 1.29. The number of hydrogen-bond acceptors (Lipinski definition) is 4. The number of benzene rings is 1. The van der Waals surface area contributed by atoms with Crippen LogP contribution in [0.5, 0.6) is 0 Å². The van der Waals surface area contributed by atoms with Gasteiger partial charge < -0.3 is 5.32 Å². The van der Waals surface area contributed by atoms with Crippen LogP contribution in [-0.4, -0.2) is 17.4 Å². The van der Waals surface area contributed by atoms with Gasteiger partial charge in [-0.3, -0.25) is 4.79 Å². The molecule has 0 saturated heterocycles. The molecule has 1 aromatic carbocycles. The number of nitrogens with zero attached hydrogens (tertiary/aromatic N) is 1. The molecule has 3 aromatic rings. The molecule has 0 radical (unpaired) electrons. The van der Waals surface area contributed by atoms with Crippen molar-refractivity contribution in [2.24, 2.45) is 0 Å². The molecule has 4 rings (SSSR count). The molecular formula is C19H20N2OS2. The van der Waals surface area contributed by atoms with E-state index in [9.17, 15) is 4.79 Å². The second kappa shape index (κ2) is 7.03. The van der Waals surface area contributed by atoms with Gasteiger partial charge in [0.2, 0.25) is 0 Å². The SMILES string of the molecule is O=C(NCCCc1nc2c(s1)CCCC2)c1cc2ccccc2s1. The van der Waals surface area contributed by atoms with Gasteiger partial charge in [0.05, 0.1) is 15.6 Å². The van der Waals surface area contributed by atoms with Gasteiger partial charge >= 0.3 is 0 Å². The lowest BCUT2D eigenvalue weighted by Gasteiger charge is -2.06. The van der Waals surface area contributed by atoms with Gasteiger partial charge in [0, 0.05) is 22.5 Å². The highest BCUT2D eigenvalue weighted by atomic mass is 32.1. The summed E-state index contributed by atoms with van der Waals surface area (Å²) in [7, 11) is 0. The Morgan fingerprint density at radius 2 is 2.04 bits per heavy atom. The summed E-state index contributed by atoms with van der Waals surface area (Å²) in [5.41, 5.74) is 1.33. The number of nitrogens with one attached hydrogen (secondary N) is 1. The summed E-state index contributed by atoms with van der Waals surface area (Å²) < 4.78 is 1.16. The van der Waals surface area contributed by atoms with E-state index in [4.69, 9.17) is 4.98 Å². The van der Waals surface area contributed by atoms with Gasteiger partial charge in [-0.2, -0.15) is 0 Å². The lowest BCUT2D eigenvalue weighted by atomic mass is 10.0. The third-order valence-electron chi connectivity index (χ3n) is 4.39. The average molecular weight is 357 g/mol. The van der Waals surface area contributed by atoms with Gasteiger partial charge in [0.1, 0.15) is 0 Å². The Labute approximate surface area is 149 Å². The van der Waals surface area contributed by atoms with E-state index in [1.165, 1.54) is 34.8 Å². The predicted octanol–water partition coefficient (Wildman–Crippen LogP) is 4.60. The molecule has 3 nitrogen and oxygen atoms in total. The van der Waals surface area contributed by atoms with Gasteiger partial charge in [-0.05, 0) is 49.6 Å². The van der Waals surface area contributed by atoms with Crippen molar-refractivity contribution in [2.75, 3.05) is 6.54 Å². The minimum atomic E-state index is 0.0367. The Hall–Kier alpha value is -1.72. The summed E-state index contributed by atoms with van der Waals surface area (Å²) in [5.74, 6) is 0.0367. The van der Waals surface area contributed by atoms with Gasteiger partial charge in [-0.15, -0.1) is 22.7 Å². The monoisotopic (exact) mass is 356 g/mol. The highest BCUT2D eigenvalue weighted by molar-refractivity contribution is 7.20. The molecule has 0 saturated carbocycles. The van der Waals surface area contributed by atoms with Crippen molar-refractivity contribution < 1.29 is 4.79 Å². The number of hydrogen-bond donors (Lipinski definition) is 1. The van der Waals surface area contributed by atoms with Crippen molar-refractivity contribution in [2.45, 2.75) is 38.5 Å². The average Bonchev–Trinajstić information content (AvgIpc) is 3.21. The summed E-state index contributed by atoms with van der Waals surface area (Å²) in [6.07, 6.45) is 6.85. The normalized spacial score (nSPS) is 13.8. The lowest BCUT2D eigenvalue weighted by molar-refractivity contribution is 0.0957. The number of carbonyl (C=O) groups excluding carboxylic acids is 1. The minimum absolute atomic E-state index is 0.0367. The van der Waals surface area contributed by atoms with Gasteiger partial charge in [-0.1, -0.05) is 18.2 Å². The number of thiophene rings is 1. The number of thiazole rings is 1. The zero-order valence-electron chi connectivity index (χ0n) is 13.5. The molecule has 1 aliphatic carbocycles. The fourth-order valence-electron chi connectivity index (χ4n) is 3.13. The largest absolute Gasteiger partial charge is 0.351 e. The fourth-order valence-corrected chi connectivity index (χ4v) is 5.31. The van der Waals surface area contributed by atoms with Crippen LogP contribution in [0.1, 0.15) is 44.5 Å². The highest BCUT2D eigenvalue weighted by Gasteiger charge is 2.15. The summed E-state index contributed by atoms with van der Waals surface area (Å²) in [4.78, 5) is 19.3. The lowest BCUT2D eigenvalue weighted by Crippen LogP contribution is -2.23. The molecule has 24 heavy (non-hydrogen) atoms. The van der Waals surface area contributed by atoms with Gasteiger partial charge in [0.15, 0.2) is 0 Å². The summed E-state index contributed by atoms with van der Waals surface area (Å²) >= 11 is 3.43. The van der Waals surface area contributed by atoms with E-state index in [0.717, 1.165) is 34.2 Å². The molecule has 0 unspecified atom stereocenters. The minimum Gasteiger partial charge on any atom is -0.351 e. The molecule has 1 N–H and O–H groups in total. The van der Waals surface area contributed by atoms with Crippen LogP contribution < -0.4 is 5.32 Å². The molecule has 0 fully saturated rings. The Kier molecular flexibility index (Phi) is 4.63. The van der Waals surface area contributed by atoms with E-state index in [0.29, 0.717) is 6.54 Å². The molecule has 0 bridgehead atoms. The Morgan fingerprint density at radius 1 is 1.17 bits per heavy atom. The molecular weight excluding hydrogens is 336 g/mol. The zero-order chi connectivity index (χ0) is 16.4. The smallest absolute Gasteiger partial charge is 0.261 e. The van der Waals surface area contributed by atoms with E-state index in [2.05, 4.69) is 11.4 Å². The maximum absolute atomic E-state index is 12.3.